The molecule has 2 heterocycles. The van der Waals surface area contributed by atoms with Crippen molar-refractivity contribution in [3.8, 4) is 0 Å². The van der Waals surface area contributed by atoms with E-state index in [4.69, 9.17) is 0 Å². The van der Waals surface area contributed by atoms with Crippen LogP contribution in [0, 0.1) is 0 Å². The summed E-state index contributed by atoms with van der Waals surface area (Å²) in [7, 11) is 0. The lowest BCUT2D eigenvalue weighted by Gasteiger charge is -2.08. The third-order valence-corrected chi connectivity index (χ3v) is 2.64. The zero-order chi connectivity index (χ0) is 15.2. The van der Waals surface area contributed by atoms with Gasteiger partial charge in [0.15, 0.2) is 0 Å². The molecule has 0 unspecified atom stereocenters. The van der Waals surface area contributed by atoms with Crippen LogP contribution in [0.25, 0.3) is 0 Å². The van der Waals surface area contributed by atoms with E-state index in [0.29, 0.717) is 6.54 Å². The molecule has 7 nitrogen and oxygen atoms in total. The van der Waals surface area contributed by atoms with Crippen molar-refractivity contribution in [3.63, 3.8) is 0 Å². The summed E-state index contributed by atoms with van der Waals surface area (Å²) >= 11 is 0. The van der Waals surface area contributed by atoms with Crippen LogP contribution in [0.4, 0.5) is 0 Å². The van der Waals surface area contributed by atoms with E-state index >= 15 is 0 Å². The second-order valence-corrected chi connectivity index (χ2v) is 4.83. The molecule has 21 heavy (non-hydrogen) atoms. The SMILES string of the molecule is CC(C)NC(=O)c1cccc(C(=O)NCc2cn[nH]c2)n1. The van der Waals surface area contributed by atoms with E-state index in [0.717, 1.165) is 5.56 Å². The third-order valence-electron chi connectivity index (χ3n) is 2.64. The first kappa shape index (κ1) is 14.7. The van der Waals surface area contributed by atoms with Gasteiger partial charge in [-0.05, 0) is 26.0 Å². The number of pyridine rings is 1. The maximum Gasteiger partial charge on any atom is 0.270 e. The highest BCUT2D eigenvalue weighted by molar-refractivity contribution is 5.96. The highest BCUT2D eigenvalue weighted by Gasteiger charge is 2.12. The number of nitrogens with zero attached hydrogens (tertiary/aromatic N) is 2. The van der Waals surface area contributed by atoms with Crippen LogP contribution in [0.2, 0.25) is 0 Å². The molecule has 0 aliphatic heterocycles. The summed E-state index contributed by atoms with van der Waals surface area (Å²) < 4.78 is 0. The Bertz CT molecular complexity index is 622. The molecular weight excluding hydrogens is 270 g/mol. The molecule has 2 amide bonds. The van der Waals surface area contributed by atoms with Crippen molar-refractivity contribution in [1.82, 2.24) is 25.8 Å². The molecule has 0 fully saturated rings. The average molecular weight is 287 g/mol. The van der Waals surface area contributed by atoms with Crippen LogP contribution in [0.3, 0.4) is 0 Å². The summed E-state index contributed by atoms with van der Waals surface area (Å²) in [6.07, 6.45) is 3.32. The van der Waals surface area contributed by atoms with E-state index in [-0.39, 0.29) is 29.2 Å². The molecule has 7 heteroatoms. The predicted molar refractivity (Wildman–Crippen MR) is 76.6 cm³/mol. The maximum absolute atomic E-state index is 12.0. The summed E-state index contributed by atoms with van der Waals surface area (Å²) in [5.41, 5.74) is 1.28. The van der Waals surface area contributed by atoms with Crippen LogP contribution in [0.5, 0.6) is 0 Å². The second-order valence-electron chi connectivity index (χ2n) is 4.83. The smallest absolute Gasteiger partial charge is 0.270 e. The highest BCUT2D eigenvalue weighted by Crippen LogP contribution is 2.01. The summed E-state index contributed by atoms with van der Waals surface area (Å²) in [5.74, 6) is -0.634. The standard InChI is InChI=1S/C14H17N5O2/c1-9(2)18-14(21)12-5-3-4-11(19-12)13(20)15-6-10-7-16-17-8-10/h3-5,7-9H,6H2,1-2H3,(H,15,20)(H,16,17)(H,18,21). The molecule has 110 valence electrons. The molecule has 0 bridgehead atoms. The monoisotopic (exact) mass is 287 g/mol. The van der Waals surface area contributed by atoms with E-state index in [1.54, 1.807) is 30.6 Å². The Morgan fingerprint density at radius 1 is 1.24 bits per heavy atom. The van der Waals surface area contributed by atoms with Crippen LogP contribution < -0.4 is 10.6 Å². The minimum atomic E-state index is -0.338. The van der Waals surface area contributed by atoms with Crippen molar-refractivity contribution in [2.24, 2.45) is 0 Å². The lowest BCUT2D eigenvalue weighted by Crippen LogP contribution is -2.31. The number of H-pyrrole nitrogens is 1. The minimum absolute atomic E-state index is 0.0119. The Morgan fingerprint density at radius 2 is 1.95 bits per heavy atom. The van der Waals surface area contributed by atoms with Crippen molar-refractivity contribution < 1.29 is 9.59 Å². The Balaban J connectivity index is 2.02. The maximum atomic E-state index is 12.0. The topological polar surface area (TPSA) is 99.8 Å². The number of carbonyl (C=O) groups is 2. The summed E-state index contributed by atoms with van der Waals surface area (Å²) in [5, 5.41) is 11.9. The summed E-state index contributed by atoms with van der Waals surface area (Å²) in [6.45, 7) is 4.07. The first-order valence-electron chi connectivity index (χ1n) is 6.60. The first-order valence-corrected chi connectivity index (χ1v) is 6.60. The van der Waals surface area contributed by atoms with Gasteiger partial charge in [0.2, 0.25) is 0 Å². The molecule has 2 aromatic rings. The van der Waals surface area contributed by atoms with Crippen molar-refractivity contribution in [2.75, 3.05) is 0 Å². The molecule has 3 N–H and O–H groups in total. The fraction of sp³-hybridized carbons (Fsp3) is 0.286. The van der Waals surface area contributed by atoms with Crippen LogP contribution in [-0.4, -0.2) is 33.0 Å². The van der Waals surface area contributed by atoms with Gasteiger partial charge in [-0.3, -0.25) is 14.7 Å². The number of amides is 2. The summed E-state index contributed by atoms with van der Waals surface area (Å²) in [4.78, 5) is 27.9. The van der Waals surface area contributed by atoms with E-state index in [9.17, 15) is 9.59 Å². The molecular formula is C14H17N5O2. The van der Waals surface area contributed by atoms with Crippen LogP contribution in [-0.2, 0) is 6.54 Å². The van der Waals surface area contributed by atoms with Crippen molar-refractivity contribution >= 4 is 11.8 Å². The lowest BCUT2D eigenvalue weighted by atomic mass is 10.2. The molecule has 0 aliphatic carbocycles. The van der Waals surface area contributed by atoms with Gasteiger partial charge in [0.25, 0.3) is 11.8 Å². The molecule has 2 aromatic heterocycles. The average Bonchev–Trinajstić information content (AvgIpc) is 2.97. The first-order chi connectivity index (χ1) is 10.1. The molecule has 0 radical (unpaired) electrons. The van der Waals surface area contributed by atoms with E-state index < -0.39 is 0 Å². The van der Waals surface area contributed by atoms with Gasteiger partial charge >= 0.3 is 0 Å². The quantitative estimate of drug-likeness (QED) is 0.759. The van der Waals surface area contributed by atoms with Crippen LogP contribution in [0.15, 0.2) is 30.6 Å². The zero-order valence-corrected chi connectivity index (χ0v) is 11.9. The van der Waals surface area contributed by atoms with Crippen molar-refractivity contribution in [2.45, 2.75) is 26.4 Å². The van der Waals surface area contributed by atoms with Gasteiger partial charge in [0.05, 0.1) is 6.20 Å². The second kappa shape index (κ2) is 6.65. The molecule has 0 saturated carbocycles. The minimum Gasteiger partial charge on any atom is -0.349 e. The van der Waals surface area contributed by atoms with Gasteiger partial charge in [-0.2, -0.15) is 5.10 Å². The molecule has 0 spiro atoms. The lowest BCUT2D eigenvalue weighted by molar-refractivity contribution is 0.0936. The fourth-order valence-corrected chi connectivity index (χ4v) is 1.67. The number of aromatic nitrogens is 3. The largest absolute Gasteiger partial charge is 0.349 e. The number of carbonyl (C=O) groups excluding carboxylic acids is 2. The van der Waals surface area contributed by atoms with E-state index in [1.807, 2.05) is 13.8 Å². The molecule has 0 saturated heterocycles. The van der Waals surface area contributed by atoms with E-state index in [2.05, 4.69) is 25.8 Å². The molecule has 0 atom stereocenters. The summed E-state index contributed by atoms with van der Waals surface area (Å²) in [6, 6.07) is 4.79. The van der Waals surface area contributed by atoms with E-state index in [1.165, 1.54) is 0 Å². The number of hydrogen-bond acceptors (Lipinski definition) is 4. The Kier molecular flexibility index (Phi) is 4.65. The van der Waals surface area contributed by atoms with Gasteiger partial charge in [-0.25, -0.2) is 4.98 Å². The molecule has 2 rings (SSSR count). The van der Waals surface area contributed by atoms with Gasteiger partial charge in [-0.15, -0.1) is 0 Å². The number of nitrogens with one attached hydrogen (secondary N) is 3. The Labute approximate surface area is 122 Å². The normalized spacial score (nSPS) is 10.4. The molecule has 0 aliphatic rings. The van der Waals surface area contributed by atoms with Crippen LogP contribution in [0.1, 0.15) is 40.4 Å². The van der Waals surface area contributed by atoms with Gasteiger partial charge in [-0.1, -0.05) is 6.07 Å². The number of hydrogen-bond donors (Lipinski definition) is 3. The predicted octanol–water partition coefficient (Wildman–Crippen LogP) is 0.873. The Morgan fingerprint density at radius 3 is 2.57 bits per heavy atom. The number of rotatable bonds is 5. The van der Waals surface area contributed by atoms with Gasteiger partial charge in [0.1, 0.15) is 11.4 Å². The van der Waals surface area contributed by atoms with Crippen molar-refractivity contribution in [3.05, 3.63) is 47.5 Å². The van der Waals surface area contributed by atoms with Gasteiger partial charge in [0, 0.05) is 24.3 Å². The Hall–Kier alpha value is -2.70. The van der Waals surface area contributed by atoms with Crippen molar-refractivity contribution in [1.29, 1.82) is 0 Å². The van der Waals surface area contributed by atoms with Crippen LogP contribution >= 0.6 is 0 Å². The highest BCUT2D eigenvalue weighted by atomic mass is 16.2. The number of aromatic amines is 1. The third kappa shape index (κ3) is 4.13. The zero-order valence-electron chi connectivity index (χ0n) is 11.9. The van der Waals surface area contributed by atoms with Gasteiger partial charge < -0.3 is 10.6 Å². The molecule has 0 aromatic carbocycles. The fourth-order valence-electron chi connectivity index (χ4n) is 1.67.